The molecule has 3 saturated heterocycles. The molecule has 3 heterocycles. The summed E-state index contributed by atoms with van der Waals surface area (Å²) in [5.41, 5.74) is 0.166. The topological polar surface area (TPSA) is 33.3 Å². The Kier molecular flexibility index (Phi) is 51.2. The number of hydrogen-bond acceptors (Lipinski definition) is 3. The molecule has 0 amide bonds. The summed E-state index contributed by atoms with van der Waals surface area (Å²) >= 11 is 0. The Morgan fingerprint density at radius 2 is 0.867 bits per heavy atom. The van der Waals surface area contributed by atoms with Crippen LogP contribution >= 0.6 is 0 Å². The summed E-state index contributed by atoms with van der Waals surface area (Å²) in [6.07, 6.45) is 37.5. The van der Waals surface area contributed by atoms with Crippen molar-refractivity contribution in [3.63, 3.8) is 0 Å². The highest BCUT2D eigenvalue weighted by atomic mass is 16.5. The molecular weight excluding hydrogens is 909 g/mol. The highest BCUT2D eigenvalue weighted by Crippen LogP contribution is 2.57. The van der Waals surface area contributed by atoms with Crippen molar-refractivity contribution in [2.75, 3.05) is 13.1 Å². The molecule has 6 saturated carbocycles. The molecule has 2 N–H and O–H groups in total. The zero-order chi connectivity index (χ0) is 58.1. The van der Waals surface area contributed by atoms with Crippen molar-refractivity contribution in [3.05, 3.63) is 0 Å². The molecule has 19 unspecified atom stereocenters. The first-order valence-electron chi connectivity index (χ1n) is 35.9. The average Bonchev–Trinajstić information content (AvgIpc) is 3.79. The van der Waals surface area contributed by atoms with Crippen LogP contribution in [0.5, 0.6) is 0 Å². The van der Waals surface area contributed by atoms with E-state index in [9.17, 15) is 0 Å². The standard InChI is InChI=1S/C26H45NO.C26H47N.10C2H6/c1-17-12-13-20-8-4-5-10-22(20)23(17)16-21-9-6-14-26(18(21)2)19(3)25-24(28-26)11-7-15-27-25;1-18-14-15-21-9-4-5-11-24(21)25(18)17-22-10-8-12-23(19(22)2)20(3)26-13-6-7-16-27-26;10*1-2/h17-25,27H,4-16H2,1-3H3;18-27H,4-17H2,1-3H3;10*1-2H3. The minimum Gasteiger partial charge on any atom is -0.370 e. The van der Waals surface area contributed by atoms with Gasteiger partial charge in [-0.05, 0) is 179 Å². The molecule has 3 heteroatoms. The van der Waals surface area contributed by atoms with Crippen LogP contribution < -0.4 is 10.6 Å². The molecule has 19 atom stereocenters. The quantitative estimate of drug-likeness (QED) is 0.278. The van der Waals surface area contributed by atoms with Gasteiger partial charge in [-0.15, -0.1) is 0 Å². The largest absolute Gasteiger partial charge is 0.370 e. The van der Waals surface area contributed by atoms with E-state index in [1.165, 1.54) is 148 Å². The Morgan fingerprint density at radius 1 is 0.413 bits per heavy atom. The lowest BCUT2D eigenvalue weighted by molar-refractivity contribution is -0.135. The molecule has 9 aliphatic rings. The van der Waals surface area contributed by atoms with Gasteiger partial charge in [-0.25, -0.2) is 0 Å². The monoisotopic (exact) mass is 1060 g/mol. The Bertz CT molecular complexity index is 1180. The normalized spacial score (nSPS) is 38.1. The SMILES string of the molecule is CC.CC.CC.CC.CC.CC.CC.CC.CC.CC.CC1CCC2CCCCC2C1CC1CCCC(C(C)C2CCCCN2)C1C.CC1CCC2CCCCC2C1CC1CCCC2(OC3CCCNC3C2C)C1C. The minimum atomic E-state index is 0.166. The number of nitrogens with one attached hydrogen (secondary N) is 2. The van der Waals surface area contributed by atoms with Gasteiger partial charge in [-0.2, -0.15) is 0 Å². The van der Waals surface area contributed by atoms with E-state index in [2.05, 4.69) is 52.2 Å². The summed E-state index contributed by atoms with van der Waals surface area (Å²) in [7, 11) is 0. The summed E-state index contributed by atoms with van der Waals surface area (Å²) in [6.45, 7) is 58.0. The van der Waals surface area contributed by atoms with Crippen molar-refractivity contribution in [3.8, 4) is 0 Å². The Labute approximate surface area is 479 Å². The average molecular weight is 1060 g/mol. The Hall–Kier alpha value is -0.120. The van der Waals surface area contributed by atoms with Gasteiger partial charge in [-0.3, -0.25) is 0 Å². The summed E-state index contributed by atoms with van der Waals surface area (Å²) in [6, 6.07) is 1.42. The molecule has 3 nitrogen and oxygen atoms in total. The summed E-state index contributed by atoms with van der Waals surface area (Å²) in [5, 5.41) is 7.72. The lowest BCUT2D eigenvalue weighted by Crippen LogP contribution is -2.51. The van der Waals surface area contributed by atoms with Crippen LogP contribution in [0.3, 0.4) is 0 Å². The molecule has 456 valence electrons. The van der Waals surface area contributed by atoms with Crippen LogP contribution in [0.4, 0.5) is 0 Å². The van der Waals surface area contributed by atoms with E-state index in [-0.39, 0.29) is 5.60 Å². The summed E-state index contributed by atoms with van der Waals surface area (Å²) < 4.78 is 7.01. The van der Waals surface area contributed by atoms with E-state index in [0.717, 1.165) is 88.9 Å². The lowest BCUT2D eigenvalue weighted by atomic mass is 9.56. The maximum absolute atomic E-state index is 7.01. The van der Waals surface area contributed by atoms with Gasteiger partial charge in [-0.1, -0.05) is 257 Å². The second-order valence-electron chi connectivity index (χ2n) is 22.9. The van der Waals surface area contributed by atoms with E-state index < -0.39 is 0 Å². The van der Waals surface area contributed by atoms with Crippen LogP contribution in [0.1, 0.15) is 341 Å². The molecule has 0 bridgehead atoms. The van der Waals surface area contributed by atoms with E-state index in [0.29, 0.717) is 18.1 Å². The van der Waals surface area contributed by atoms with Crippen LogP contribution in [0.15, 0.2) is 0 Å². The van der Waals surface area contributed by atoms with Crippen molar-refractivity contribution in [2.45, 2.75) is 364 Å². The predicted molar refractivity (Wildman–Crippen MR) is 346 cm³/mol. The van der Waals surface area contributed by atoms with E-state index in [1.807, 2.05) is 138 Å². The van der Waals surface area contributed by atoms with Gasteiger partial charge in [0.05, 0.1) is 11.7 Å². The maximum atomic E-state index is 7.01. The number of ether oxygens (including phenoxy) is 1. The van der Waals surface area contributed by atoms with Gasteiger partial charge in [0.25, 0.3) is 0 Å². The van der Waals surface area contributed by atoms with Crippen molar-refractivity contribution in [1.82, 2.24) is 10.6 Å². The van der Waals surface area contributed by atoms with Crippen LogP contribution in [0.2, 0.25) is 0 Å². The summed E-state index contributed by atoms with van der Waals surface area (Å²) in [5.74, 6) is 14.4. The summed E-state index contributed by atoms with van der Waals surface area (Å²) in [4.78, 5) is 0. The molecule has 9 rings (SSSR count). The molecule has 0 aromatic carbocycles. The molecule has 6 aliphatic carbocycles. The fourth-order valence-electron chi connectivity index (χ4n) is 17.1. The van der Waals surface area contributed by atoms with Crippen LogP contribution in [0.25, 0.3) is 0 Å². The fourth-order valence-corrected chi connectivity index (χ4v) is 17.1. The van der Waals surface area contributed by atoms with Gasteiger partial charge >= 0.3 is 0 Å². The Balaban J connectivity index is -0.00000104. The van der Waals surface area contributed by atoms with Gasteiger partial charge in [0.1, 0.15) is 0 Å². The number of rotatable bonds is 6. The fraction of sp³-hybridized carbons (Fsp3) is 1.00. The number of fused-ring (bicyclic) bond motifs is 3. The molecule has 9 fully saturated rings. The highest BCUT2D eigenvalue weighted by Gasteiger charge is 2.58. The van der Waals surface area contributed by atoms with Crippen LogP contribution in [0, 0.1) is 88.8 Å². The van der Waals surface area contributed by atoms with E-state index in [4.69, 9.17) is 4.74 Å². The first-order valence-corrected chi connectivity index (χ1v) is 35.9. The Morgan fingerprint density at radius 3 is 1.35 bits per heavy atom. The smallest absolute Gasteiger partial charge is 0.0756 e. The maximum Gasteiger partial charge on any atom is 0.0756 e. The number of piperidine rings is 2. The minimum absolute atomic E-state index is 0.166. The predicted octanol–water partition coefficient (Wildman–Crippen LogP) is 23.5. The highest BCUT2D eigenvalue weighted by molar-refractivity contribution is 5.09. The first kappa shape index (κ1) is 79.1. The van der Waals surface area contributed by atoms with Gasteiger partial charge in [0.15, 0.2) is 0 Å². The molecule has 0 aromatic heterocycles. The molecule has 0 radical (unpaired) electrons. The van der Waals surface area contributed by atoms with Crippen LogP contribution in [-0.2, 0) is 4.74 Å². The molecule has 0 aromatic rings. The lowest BCUT2D eigenvalue weighted by Gasteiger charge is -2.51. The molecule has 75 heavy (non-hydrogen) atoms. The van der Waals surface area contributed by atoms with Crippen molar-refractivity contribution in [1.29, 1.82) is 0 Å². The van der Waals surface area contributed by atoms with Crippen LogP contribution in [-0.4, -0.2) is 36.9 Å². The third-order valence-corrected chi connectivity index (χ3v) is 20.6. The van der Waals surface area contributed by atoms with Gasteiger partial charge in [0.2, 0.25) is 0 Å². The zero-order valence-electron chi connectivity index (χ0n) is 57.4. The zero-order valence-corrected chi connectivity index (χ0v) is 57.4. The van der Waals surface area contributed by atoms with Crippen molar-refractivity contribution >= 4 is 0 Å². The molecule has 1 spiro atoms. The second kappa shape index (κ2) is 48.6. The van der Waals surface area contributed by atoms with Crippen molar-refractivity contribution < 1.29 is 4.74 Å². The molecule has 3 aliphatic heterocycles. The third kappa shape index (κ3) is 23.0. The van der Waals surface area contributed by atoms with Gasteiger partial charge in [0, 0.05) is 18.0 Å². The van der Waals surface area contributed by atoms with Gasteiger partial charge < -0.3 is 15.4 Å². The number of hydrogen-bond donors (Lipinski definition) is 2. The first-order chi connectivity index (χ1) is 36.7. The molecular formula is C72H152N2O. The van der Waals surface area contributed by atoms with Crippen molar-refractivity contribution in [2.24, 2.45) is 88.8 Å². The second-order valence-corrected chi connectivity index (χ2v) is 22.9. The third-order valence-electron chi connectivity index (χ3n) is 20.6. The van der Waals surface area contributed by atoms with E-state index >= 15 is 0 Å². The van der Waals surface area contributed by atoms with E-state index in [1.54, 1.807) is 25.7 Å².